The van der Waals surface area contributed by atoms with Crippen LogP contribution >= 0.6 is 12.6 Å². The van der Waals surface area contributed by atoms with Crippen LogP contribution in [-0.4, -0.2) is 81.6 Å². The number of amides is 5. The number of rotatable bonds is 17. The Hall–Kier alpha value is -3.40. The quantitative estimate of drug-likeness (QED) is 0.0867. The average Bonchev–Trinajstić information content (AvgIpc) is 2.74. The van der Waals surface area contributed by atoms with Crippen molar-refractivity contribution >= 4 is 54.1 Å². The smallest absolute Gasteiger partial charge is 0.326 e. The van der Waals surface area contributed by atoms with Crippen LogP contribution in [0.5, 0.6) is 0 Å². The molecule has 0 radical (unpaired) electrons. The van der Waals surface area contributed by atoms with Crippen LogP contribution in [0.4, 0.5) is 0 Å². The third-order valence-electron chi connectivity index (χ3n) is 4.43. The summed E-state index contributed by atoms with van der Waals surface area (Å²) < 4.78 is 0. The van der Waals surface area contributed by atoms with Gasteiger partial charge in [0.05, 0.1) is 6.04 Å². The molecule has 0 aliphatic carbocycles. The molecule has 0 aromatic carbocycles. The minimum absolute atomic E-state index is 0.0973. The second-order valence-electron chi connectivity index (χ2n) is 7.25. The van der Waals surface area contributed by atoms with Crippen molar-refractivity contribution in [3.8, 4) is 0 Å². The summed E-state index contributed by atoms with van der Waals surface area (Å²) >= 11 is 3.95. The molecule has 34 heavy (non-hydrogen) atoms. The minimum Gasteiger partial charge on any atom is -0.481 e. The van der Waals surface area contributed by atoms with Crippen LogP contribution in [0, 0.1) is 0 Å². The fourth-order valence-electron chi connectivity index (χ4n) is 2.53. The lowest BCUT2D eigenvalue weighted by Gasteiger charge is -2.24. The summed E-state index contributed by atoms with van der Waals surface area (Å²) in [5.41, 5.74) is 15.8. The van der Waals surface area contributed by atoms with E-state index < -0.39 is 78.5 Å². The second-order valence-corrected chi connectivity index (χ2v) is 7.62. The molecule has 11 N–H and O–H groups in total. The number of hydrogen-bond acceptors (Lipinski definition) is 9. The molecule has 4 atom stereocenters. The summed E-state index contributed by atoms with van der Waals surface area (Å²) in [5, 5.41) is 24.6. The summed E-state index contributed by atoms with van der Waals surface area (Å²) in [5.74, 6) is -7.16. The van der Waals surface area contributed by atoms with Gasteiger partial charge in [0, 0.05) is 25.0 Å². The van der Waals surface area contributed by atoms with Crippen molar-refractivity contribution in [2.24, 2.45) is 17.2 Å². The highest BCUT2D eigenvalue weighted by Gasteiger charge is 2.30. The van der Waals surface area contributed by atoms with Crippen LogP contribution in [0.1, 0.15) is 38.5 Å². The molecule has 4 unspecified atom stereocenters. The van der Waals surface area contributed by atoms with Gasteiger partial charge in [-0.25, -0.2) is 4.79 Å². The number of hydrogen-bond donors (Lipinski definition) is 9. The van der Waals surface area contributed by atoms with E-state index >= 15 is 0 Å². The summed E-state index contributed by atoms with van der Waals surface area (Å²) in [4.78, 5) is 81.3. The number of carboxylic acids is 2. The number of carboxylic acid groups (broad SMARTS) is 2. The van der Waals surface area contributed by atoms with Crippen LogP contribution < -0.4 is 33.2 Å². The lowest BCUT2D eigenvalue weighted by Crippen LogP contribution is -2.57. The zero-order valence-corrected chi connectivity index (χ0v) is 19.1. The molecular weight excluding hydrogens is 476 g/mol. The van der Waals surface area contributed by atoms with Crippen LogP contribution in [0.25, 0.3) is 0 Å². The molecule has 0 saturated carbocycles. The van der Waals surface area contributed by atoms with Crippen molar-refractivity contribution in [3.05, 3.63) is 0 Å². The van der Waals surface area contributed by atoms with Gasteiger partial charge in [0.15, 0.2) is 0 Å². The Labute approximate surface area is 199 Å². The predicted octanol–water partition coefficient (Wildman–Crippen LogP) is -3.82. The van der Waals surface area contributed by atoms with E-state index in [-0.39, 0.29) is 31.4 Å². The highest BCUT2D eigenvalue weighted by Crippen LogP contribution is 2.04. The van der Waals surface area contributed by atoms with E-state index in [0.717, 1.165) is 0 Å². The average molecular weight is 507 g/mol. The van der Waals surface area contributed by atoms with Gasteiger partial charge >= 0.3 is 11.9 Å². The predicted molar refractivity (Wildman–Crippen MR) is 119 cm³/mol. The van der Waals surface area contributed by atoms with Gasteiger partial charge in [0.25, 0.3) is 0 Å². The molecule has 15 nitrogen and oxygen atoms in total. The zero-order chi connectivity index (χ0) is 26.4. The topological polar surface area (TPSA) is 274 Å². The van der Waals surface area contributed by atoms with Crippen molar-refractivity contribution in [1.29, 1.82) is 0 Å². The Kier molecular flexibility index (Phi) is 13.9. The third kappa shape index (κ3) is 12.6. The van der Waals surface area contributed by atoms with E-state index in [1.807, 2.05) is 0 Å². The molecule has 0 bridgehead atoms. The third-order valence-corrected chi connectivity index (χ3v) is 4.79. The van der Waals surface area contributed by atoms with E-state index in [1.165, 1.54) is 0 Å². The van der Waals surface area contributed by atoms with Gasteiger partial charge in [-0.1, -0.05) is 0 Å². The molecule has 0 aliphatic heterocycles. The maximum Gasteiger partial charge on any atom is 0.326 e. The molecule has 0 fully saturated rings. The molecule has 0 aliphatic rings. The summed E-state index contributed by atoms with van der Waals surface area (Å²) in [6, 6.07) is -5.43. The van der Waals surface area contributed by atoms with Crippen LogP contribution in [0.3, 0.4) is 0 Å². The van der Waals surface area contributed by atoms with E-state index in [4.69, 9.17) is 27.4 Å². The number of primary amides is 2. The summed E-state index contributed by atoms with van der Waals surface area (Å²) in [7, 11) is 0. The number of nitrogens with two attached hydrogens (primary N) is 3. The first-order valence-electron chi connectivity index (χ1n) is 10.1. The molecule has 192 valence electrons. The van der Waals surface area contributed by atoms with Gasteiger partial charge in [-0.2, -0.15) is 12.6 Å². The van der Waals surface area contributed by atoms with Crippen molar-refractivity contribution in [3.63, 3.8) is 0 Å². The molecule has 0 saturated heterocycles. The van der Waals surface area contributed by atoms with Crippen LogP contribution in [-0.2, 0) is 33.6 Å². The first kappa shape index (κ1) is 30.6. The second kappa shape index (κ2) is 15.4. The first-order chi connectivity index (χ1) is 15.8. The first-order valence-corrected chi connectivity index (χ1v) is 10.7. The molecule has 16 heteroatoms. The normalized spacial score (nSPS) is 14.1. The van der Waals surface area contributed by atoms with Crippen molar-refractivity contribution < 1.29 is 43.8 Å². The zero-order valence-electron chi connectivity index (χ0n) is 18.2. The number of carbonyl (C=O) groups excluding carboxylic acids is 5. The molecule has 0 aromatic heterocycles. The highest BCUT2D eigenvalue weighted by atomic mass is 32.1. The molecule has 0 aromatic rings. The van der Waals surface area contributed by atoms with Gasteiger partial charge in [0.1, 0.15) is 18.1 Å². The number of nitrogens with one attached hydrogen (secondary N) is 3. The van der Waals surface area contributed by atoms with E-state index in [9.17, 15) is 33.6 Å². The van der Waals surface area contributed by atoms with Gasteiger partial charge in [-0.3, -0.25) is 28.8 Å². The molecule has 0 spiro atoms. The minimum atomic E-state index is -1.53. The Balaban J connectivity index is 5.29. The van der Waals surface area contributed by atoms with Gasteiger partial charge in [0.2, 0.25) is 29.5 Å². The lowest BCUT2D eigenvalue weighted by molar-refractivity contribution is -0.143. The van der Waals surface area contributed by atoms with E-state index in [1.54, 1.807) is 0 Å². The van der Waals surface area contributed by atoms with Crippen LogP contribution in [0.2, 0.25) is 0 Å². The lowest BCUT2D eigenvalue weighted by atomic mass is 10.1. The standard InChI is InChI=1S/C18H30N6O9S/c19-8(1-4-12(20)25)15(29)22-9(2-5-13(21)26)16(30)24-11(7-34)17(31)23-10(18(32)33)3-6-14(27)28/h8-11,34H,1-7,19H2,(H2,20,25)(H2,21,26)(H,22,29)(H,23,31)(H,24,30)(H,27,28)(H,32,33). The van der Waals surface area contributed by atoms with Crippen LogP contribution in [0.15, 0.2) is 0 Å². The number of thiol groups is 1. The Bertz CT molecular complexity index is 794. The number of aliphatic carboxylic acids is 2. The maximum atomic E-state index is 12.7. The SMILES string of the molecule is NC(=O)CCC(N)C(=O)NC(CCC(N)=O)C(=O)NC(CS)C(=O)NC(CCC(=O)O)C(=O)O. The van der Waals surface area contributed by atoms with E-state index in [0.29, 0.717) is 0 Å². The Morgan fingerprint density at radius 1 is 0.676 bits per heavy atom. The van der Waals surface area contributed by atoms with Crippen molar-refractivity contribution in [2.45, 2.75) is 62.7 Å². The van der Waals surface area contributed by atoms with Crippen molar-refractivity contribution in [1.82, 2.24) is 16.0 Å². The molecule has 0 heterocycles. The molecule has 0 rings (SSSR count). The monoisotopic (exact) mass is 506 g/mol. The largest absolute Gasteiger partial charge is 0.481 e. The molecule has 5 amide bonds. The fraction of sp³-hybridized carbons (Fsp3) is 0.611. The van der Waals surface area contributed by atoms with Gasteiger partial charge in [-0.05, 0) is 19.3 Å². The summed E-state index contributed by atoms with van der Waals surface area (Å²) in [6.07, 6.45) is -1.74. The molecular formula is C18H30N6O9S. The maximum absolute atomic E-state index is 12.7. The van der Waals surface area contributed by atoms with Gasteiger partial charge < -0.3 is 43.4 Å². The Morgan fingerprint density at radius 3 is 1.59 bits per heavy atom. The number of carbonyl (C=O) groups is 7. The summed E-state index contributed by atoms with van der Waals surface area (Å²) in [6.45, 7) is 0. The highest BCUT2D eigenvalue weighted by molar-refractivity contribution is 7.80. The Morgan fingerprint density at radius 2 is 1.12 bits per heavy atom. The van der Waals surface area contributed by atoms with Crippen molar-refractivity contribution in [2.75, 3.05) is 5.75 Å². The van der Waals surface area contributed by atoms with Gasteiger partial charge in [-0.15, -0.1) is 0 Å². The fourth-order valence-corrected chi connectivity index (χ4v) is 2.78. The van der Waals surface area contributed by atoms with E-state index in [2.05, 4.69) is 28.6 Å².